The standard InChI is InChI=1S/C25H31N3O3.H2S/c1-26(23(19-11-5-3-6-12-19)18-27-15-9-4-10-16-27)25(30)28-21-14-8-7-13-20(21)17-22(28)24(29)31-2;/h3,5-8,11-14,22-23H,4,9-10,15-18H2,1-2H3;1H2/t22?,23-;/m1./s1. The highest BCUT2D eigenvalue weighted by Crippen LogP contribution is 2.35. The number of urea groups is 1. The van der Waals surface area contributed by atoms with Crippen molar-refractivity contribution in [1.29, 1.82) is 0 Å². The maximum Gasteiger partial charge on any atom is 0.329 e. The largest absolute Gasteiger partial charge is 0.467 e. The number of amides is 2. The van der Waals surface area contributed by atoms with E-state index in [9.17, 15) is 9.59 Å². The first-order chi connectivity index (χ1) is 15.1. The Morgan fingerprint density at radius 3 is 2.38 bits per heavy atom. The molecule has 32 heavy (non-hydrogen) atoms. The molecular weight excluding hydrogens is 422 g/mol. The fourth-order valence-corrected chi connectivity index (χ4v) is 4.76. The number of fused-ring (bicyclic) bond motifs is 1. The maximum atomic E-state index is 13.8. The number of methoxy groups -OCH3 is 1. The first kappa shape index (κ1) is 24.1. The van der Waals surface area contributed by atoms with Crippen LogP contribution in [-0.2, 0) is 16.0 Å². The molecule has 2 aromatic carbocycles. The summed E-state index contributed by atoms with van der Waals surface area (Å²) in [6.45, 7) is 2.90. The summed E-state index contributed by atoms with van der Waals surface area (Å²) in [7, 11) is 3.22. The predicted octanol–water partition coefficient (Wildman–Crippen LogP) is 3.98. The zero-order valence-electron chi connectivity index (χ0n) is 18.9. The highest BCUT2D eigenvalue weighted by molar-refractivity contribution is 7.59. The number of likely N-dealkylation sites (tertiary alicyclic amines) is 1. The summed E-state index contributed by atoms with van der Waals surface area (Å²) in [5.41, 5.74) is 2.89. The molecule has 2 amide bonds. The van der Waals surface area contributed by atoms with E-state index in [4.69, 9.17) is 4.74 Å². The van der Waals surface area contributed by atoms with Gasteiger partial charge in [-0.15, -0.1) is 0 Å². The van der Waals surface area contributed by atoms with Crippen molar-refractivity contribution in [1.82, 2.24) is 9.80 Å². The zero-order valence-corrected chi connectivity index (χ0v) is 19.9. The van der Waals surface area contributed by atoms with Gasteiger partial charge in [0.1, 0.15) is 6.04 Å². The minimum atomic E-state index is -0.635. The van der Waals surface area contributed by atoms with Gasteiger partial charge in [0.05, 0.1) is 13.2 Å². The fraction of sp³-hybridized carbons (Fsp3) is 0.440. The van der Waals surface area contributed by atoms with E-state index in [1.165, 1.54) is 26.4 Å². The van der Waals surface area contributed by atoms with Crippen LogP contribution < -0.4 is 4.90 Å². The van der Waals surface area contributed by atoms with Gasteiger partial charge in [-0.1, -0.05) is 55.0 Å². The van der Waals surface area contributed by atoms with Gasteiger partial charge in [-0.25, -0.2) is 9.59 Å². The van der Waals surface area contributed by atoms with Gasteiger partial charge < -0.3 is 14.5 Å². The number of likely N-dealkylation sites (N-methyl/N-ethyl adjacent to an activating group) is 1. The van der Waals surface area contributed by atoms with Crippen molar-refractivity contribution >= 4 is 31.2 Å². The molecule has 0 saturated carbocycles. The van der Waals surface area contributed by atoms with Crippen LogP contribution >= 0.6 is 13.5 Å². The highest BCUT2D eigenvalue weighted by Gasteiger charge is 2.41. The SMILES string of the molecule is COC(=O)C1Cc2ccccc2N1C(=O)N(C)[C@H](CN1CCCCC1)c1ccccc1.S. The van der Waals surface area contributed by atoms with Gasteiger partial charge >= 0.3 is 12.0 Å². The molecule has 2 aliphatic heterocycles. The van der Waals surface area contributed by atoms with E-state index < -0.39 is 6.04 Å². The second-order valence-corrected chi connectivity index (χ2v) is 8.42. The molecule has 0 spiro atoms. The third-order valence-electron chi connectivity index (χ3n) is 6.49. The first-order valence-corrected chi connectivity index (χ1v) is 11.1. The summed E-state index contributed by atoms with van der Waals surface area (Å²) >= 11 is 0. The molecule has 1 unspecified atom stereocenters. The zero-order chi connectivity index (χ0) is 21.8. The number of esters is 1. The lowest BCUT2D eigenvalue weighted by molar-refractivity contribution is -0.141. The molecule has 2 heterocycles. The highest BCUT2D eigenvalue weighted by atomic mass is 32.1. The Bertz CT molecular complexity index is 918. The maximum absolute atomic E-state index is 13.8. The molecule has 2 atom stereocenters. The second-order valence-electron chi connectivity index (χ2n) is 8.42. The molecule has 1 fully saturated rings. The smallest absolute Gasteiger partial charge is 0.329 e. The van der Waals surface area contributed by atoms with E-state index in [0.29, 0.717) is 6.42 Å². The Balaban J connectivity index is 0.00000289. The van der Waals surface area contributed by atoms with Crippen molar-refractivity contribution in [3.05, 3.63) is 65.7 Å². The van der Waals surface area contributed by atoms with Gasteiger partial charge in [-0.05, 0) is 43.1 Å². The summed E-state index contributed by atoms with van der Waals surface area (Å²) < 4.78 is 5.03. The number of rotatable bonds is 5. The van der Waals surface area contributed by atoms with E-state index in [-0.39, 0.29) is 31.5 Å². The molecule has 0 aliphatic carbocycles. The van der Waals surface area contributed by atoms with Crippen LogP contribution in [0.5, 0.6) is 0 Å². The number of carbonyl (C=O) groups excluding carboxylic acids is 2. The van der Waals surface area contributed by atoms with E-state index in [1.807, 2.05) is 49.5 Å². The lowest BCUT2D eigenvalue weighted by Gasteiger charge is -2.38. The quantitative estimate of drug-likeness (QED) is 0.640. The molecule has 2 aliphatic rings. The Morgan fingerprint density at radius 1 is 1.03 bits per heavy atom. The van der Waals surface area contributed by atoms with Gasteiger partial charge in [0.15, 0.2) is 0 Å². The average Bonchev–Trinajstić information content (AvgIpc) is 3.22. The molecule has 172 valence electrons. The van der Waals surface area contributed by atoms with Crippen molar-refractivity contribution < 1.29 is 14.3 Å². The van der Waals surface area contributed by atoms with Gasteiger partial charge in [0.25, 0.3) is 0 Å². The average molecular weight is 456 g/mol. The Kier molecular flexibility index (Phi) is 8.21. The summed E-state index contributed by atoms with van der Waals surface area (Å²) in [5, 5.41) is 0. The van der Waals surface area contributed by atoms with Gasteiger partial charge in [-0.3, -0.25) is 4.90 Å². The van der Waals surface area contributed by atoms with Crippen molar-refractivity contribution in [3.8, 4) is 0 Å². The van der Waals surface area contributed by atoms with Crippen LogP contribution in [0.3, 0.4) is 0 Å². The number of anilines is 1. The summed E-state index contributed by atoms with van der Waals surface area (Å²) in [6, 6.07) is 17.0. The monoisotopic (exact) mass is 455 g/mol. The molecule has 1 saturated heterocycles. The summed E-state index contributed by atoms with van der Waals surface area (Å²) in [5.74, 6) is -0.384. The van der Waals surface area contributed by atoms with Crippen molar-refractivity contribution in [2.45, 2.75) is 37.8 Å². The number of ether oxygens (including phenoxy) is 1. The number of para-hydroxylation sites is 1. The van der Waals surface area contributed by atoms with Gasteiger partial charge in [0.2, 0.25) is 0 Å². The van der Waals surface area contributed by atoms with E-state index in [1.54, 1.807) is 9.80 Å². The lowest BCUT2D eigenvalue weighted by Crippen LogP contribution is -2.51. The minimum Gasteiger partial charge on any atom is -0.467 e. The van der Waals surface area contributed by atoms with Gasteiger partial charge in [-0.2, -0.15) is 13.5 Å². The van der Waals surface area contributed by atoms with Crippen LogP contribution in [0.4, 0.5) is 10.5 Å². The first-order valence-electron chi connectivity index (χ1n) is 11.1. The van der Waals surface area contributed by atoms with Crippen LogP contribution in [0.25, 0.3) is 0 Å². The summed E-state index contributed by atoms with van der Waals surface area (Å²) in [4.78, 5) is 32.2. The topological polar surface area (TPSA) is 53.1 Å². The molecule has 6 nitrogen and oxygen atoms in total. The number of hydrogen-bond donors (Lipinski definition) is 0. The predicted molar refractivity (Wildman–Crippen MR) is 131 cm³/mol. The van der Waals surface area contributed by atoms with E-state index in [0.717, 1.165) is 36.4 Å². The van der Waals surface area contributed by atoms with Crippen LogP contribution in [0.2, 0.25) is 0 Å². The third-order valence-corrected chi connectivity index (χ3v) is 6.49. The van der Waals surface area contributed by atoms with Crippen LogP contribution in [0, 0.1) is 0 Å². The number of nitrogens with zero attached hydrogens (tertiary/aromatic N) is 3. The number of carbonyl (C=O) groups is 2. The second kappa shape index (κ2) is 10.9. The minimum absolute atomic E-state index is 0. The van der Waals surface area contributed by atoms with Crippen LogP contribution in [-0.4, -0.2) is 61.6 Å². The van der Waals surface area contributed by atoms with Crippen molar-refractivity contribution in [3.63, 3.8) is 0 Å². The lowest BCUT2D eigenvalue weighted by atomic mass is 10.0. The molecule has 0 aromatic heterocycles. The number of piperidine rings is 1. The number of benzene rings is 2. The molecular formula is C25H33N3O3S. The normalized spacial score (nSPS) is 18.9. The van der Waals surface area contributed by atoms with E-state index in [2.05, 4.69) is 17.0 Å². The molecule has 0 bridgehead atoms. The third kappa shape index (κ3) is 4.94. The molecule has 2 aromatic rings. The van der Waals surface area contributed by atoms with Crippen molar-refractivity contribution in [2.75, 3.05) is 38.7 Å². The molecule has 4 rings (SSSR count). The van der Waals surface area contributed by atoms with Crippen LogP contribution in [0.1, 0.15) is 36.4 Å². The van der Waals surface area contributed by atoms with Crippen LogP contribution in [0.15, 0.2) is 54.6 Å². The van der Waals surface area contributed by atoms with E-state index >= 15 is 0 Å². The Labute approximate surface area is 197 Å². The molecule has 0 radical (unpaired) electrons. The summed E-state index contributed by atoms with van der Waals surface area (Å²) in [6.07, 6.45) is 4.14. The Hall–Kier alpha value is -2.51. The van der Waals surface area contributed by atoms with Gasteiger partial charge in [0, 0.05) is 25.7 Å². The Morgan fingerprint density at radius 2 is 1.69 bits per heavy atom. The fourth-order valence-electron chi connectivity index (χ4n) is 4.76. The molecule has 0 N–H and O–H groups in total. The van der Waals surface area contributed by atoms with Crippen molar-refractivity contribution in [2.24, 2.45) is 0 Å². The number of hydrogen-bond acceptors (Lipinski definition) is 4. The molecule has 7 heteroatoms.